The molecule has 2 heterocycles. The summed E-state index contributed by atoms with van der Waals surface area (Å²) in [6, 6.07) is 18.1. The molecule has 1 atom stereocenters. The average Bonchev–Trinajstić information content (AvgIpc) is 3.43. The Morgan fingerprint density at radius 2 is 1.57 bits per heavy atom. The Bertz CT molecular complexity index is 1180. The molecule has 1 unspecified atom stereocenters. The molecule has 7 heteroatoms. The van der Waals surface area contributed by atoms with E-state index in [0.29, 0.717) is 6.54 Å². The van der Waals surface area contributed by atoms with Crippen molar-refractivity contribution in [3.63, 3.8) is 0 Å². The Kier molecular flexibility index (Phi) is 7.36. The maximum Gasteiger partial charge on any atom is 0.328 e. The molecule has 0 saturated carbocycles. The quantitative estimate of drug-likeness (QED) is 0.387. The minimum absolute atomic E-state index is 0.212. The molecule has 4 rings (SSSR count). The summed E-state index contributed by atoms with van der Waals surface area (Å²) >= 11 is 1.43. The number of rotatable bonds is 8. The highest BCUT2D eigenvalue weighted by molar-refractivity contribution is 7.10. The van der Waals surface area contributed by atoms with Crippen LogP contribution >= 0.6 is 11.3 Å². The van der Waals surface area contributed by atoms with Crippen LogP contribution < -0.4 is 5.32 Å². The average molecular weight is 490 g/mol. The zero-order chi connectivity index (χ0) is 25.1. The van der Waals surface area contributed by atoms with Crippen molar-refractivity contribution in [3.05, 3.63) is 87.6 Å². The van der Waals surface area contributed by atoms with Crippen molar-refractivity contribution >= 4 is 34.9 Å². The van der Waals surface area contributed by atoms with E-state index in [9.17, 15) is 14.4 Å². The van der Waals surface area contributed by atoms with E-state index in [1.54, 1.807) is 4.90 Å². The van der Waals surface area contributed by atoms with Gasteiger partial charge in [-0.25, -0.2) is 4.79 Å². The van der Waals surface area contributed by atoms with Gasteiger partial charge in [-0.15, -0.1) is 11.3 Å². The highest BCUT2D eigenvalue weighted by Crippen LogP contribution is 2.36. The molecule has 1 aliphatic heterocycles. The van der Waals surface area contributed by atoms with Crippen molar-refractivity contribution < 1.29 is 14.4 Å². The monoisotopic (exact) mass is 489 g/mol. The summed E-state index contributed by atoms with van der Waals surface area (Å²) in [5.74, 6) is -0.329. The van der Waals surface area contributed by atoms with Gasteiger partial charge in [0, 0.05) is 17.1 Å². The predicted molar refractivity (Wildman–Crippen MR) is 139 cm³/mol. The second kappa shape index (κ2) is 10.4. The lowest BCUT2D eigenvalue weighted by Gasteiger charge is -2.22. The lowest BCUT2D eigenvalue weighted by atomic mass is 9.92. The molecule has 1 fully saturated rings. The number of urea groups is 1. The summed E-state index contributed by atoms with van der Waals surface area (Å²) in [6.45, 7) is 8.28. The number of anilines is 1. The van der Waals surface area contributed by atoms with Crippen molar-refractivity contribution in [3.8, 4) is 0 Å². The standard InChI is InChI=1S/C28H31N3O3S/c1-18(2)21-12-8-13-22(19(3)4)25(21)29-24(32)17-31-27(33)26(23-14-9-15-35-23)30(28(31)34)16-20-10-6-5-7-11-20/h5-15,18-19,26H,16-17H2,1-4H3,(H,29,32). The number of para-hydroxylation sites is 1. The number of carbonyl (C=O) groups excluding carboxylic acids is 3. The fourth-order valence-electron chi connectivity index (χ4n) is 4.47. The lowest BCUT2D eigenvalue weighted by molar-refractivity contribution is -0.131. The molecule has 35 heavy (non-hydrogen) atoms. The topological polar surface area (TPSA) is 69.7 Å². The van der Waals surface area contributed by atoms with Crippen molar-refractivity contribution in [2.75, 3.05) is 11.9 Å². The summed E-state index contributed by atoms with van der Waals surface area (Å²) in [5, 5.41) is 4.91. The number of hydrogen-bond acceptors (Lipinski definition) is 4. The van der Waals surface area contributed by atoms with E-state index in [1.165, 1.54) is 11.3 Å². The Morgan fingerprint density at radius 1 is 0.914 bits per heavy atom. The number of amides is 4. The summed E-state index contributed by atoms with van der Waals surface area (Å²) < 4.78 is 0. The number of hydrogen-bond donors (Lipinski definition) is 1. The predicted octanol–water partition coefficient (Wildman–Crippen LogP) is 6.14. The second-order valence-corrected chi connectivity index (χ2v) is 10.4. The summed E-state index contributed by atoms with van der Waals surface area (Å²) in [4.78, 5) is 43.5. The third-order valence-corrected chi connectivity index (χ3v) is 7.16. The van der Waals surface area contributed by atoms with Gasteiger partial charge >= 0.3 is 6.03 Å². The molecule has 0 aliphatic carbocycles. The normalized spacial score (nSPS) is 16.0. The molecule has 6 nitrogen and oxygen atoms in total. The summed E-state index contributed by atoms with van der Waals surface area (Å²) in [5.41, 5.74) is 3.77. The number of imide groups is 1. The first-order valence-corrected chi connectivity index (χ1v) is 12.8. The van der Waals surface area contributed by atoms with Gasteiger partial charge in [0.15, 0.2) is 0 Å². The van der Waals surface area contributed by atoms with E-state index in [2.05, 4.69) is 33.0 Å². The van der Waals surface area contributed by atoms with Crippen LogP contribution in [0.15, 0.2) is 66.0 Å². The molecule has 0 radical (unpaired) electrons. The summed E-state index contributed by atoms with van der Waals surface area (Å²) in [6.07, 6.45) is 0. The Hall–Kier alpha value is -3.45. The number of thiophene rings is 1. The smallest absolute Gasteiger partial charge is 0.324 e. The van der Waals surface area contributed by atoms with Gasteiger partial charge in [0.2, 0.25) is 5.91 Å². The highest BCUT2D eigenvalue weighted by Gasteiger charge is 2.47. The second-order valence-electron chi connectivity index (χ2n) is 9.41. The molecule has 2 aromatic carbocycles. The van der Waals surface area contributed by atoms with Crippen LogP contribution in [-0.2, 0) is 16.1 Å². The highest BCUT2D eigenvalue weighted by atomic mass is 32.1. The largest absolute Gasteiger partial charge is 0.328 e. The minimum atomic E-state index is -0.732. The molecule has 0 bridgehead atoms. The van der Waals surface area contributed by atoms with Crippen LogP contribution in [0.3, 0.4) is 0 Å². The van der Waals surface area contributed by atoms with Crippen molar-refractivity contribution in [1.29, 1.82) is 0 Å². The van der Waals surface area contributed by atoms with Gasteiger partial charge in [0.05, 0.1) is 0 Å². The molecular weight excluding hydrogens is 458 g/mol. The molecular formula is C28H31N3O3S. The van der Waals surface area contributed by atoms with E-state index in [0.717, 1.165) is 32.2 Å². The summed E-state index contributed by atoms with van der Waals surface area (Å²) in [7, 11) is 0. The van der Waals surface area contributed by atoms with Crippen LogP contribution in [0.1, 0.15) is 67.1 Å². The third kappa shape index (κ3) is 5.15. The van der Waals surface area contributed by atoms with Gasteiger partial charge in [-0.1, -0.05) is 82.3 Å². The zero-order valence-electron chi connectivity index (χ0n) is 20.5. The molecule has 182 valence electrons. The van der Waals surface area contributed by atoms with Gasteiger partial charge in [-0.05, 0) is 40.0 Å². The van der Waals surface area contributed by atoms with E-state index in [4.69, 9.17) is 0 Å². The molecule has 4 amide bonds. The van der Waals surface area contributed by atoms with Crippen LogP contribution in [0.2, 0.25) is 0 Å². The number of nitrogens with zero attached hydrogens (tertiary/aromatic N) is 2. The molecule has 1 aliphatic rings. The fraction of sp³-hybridized carbons (Fsp3) is 0.321. The van der Waals surface area contributed by atoms with Crippen molar-refractivity contribution in [1.82, 2.24) is 9.80 Å². The first-order valence-electron chi connectivity index (χ1n) is 11.9. The van der Waals surface area contributed by atoms with E-state index in [-0.39, 0.29) is 30.2 Å². The number of benzene rings is 2. The van der Waals surface area contributed by atoms with Gasteiger partial charge < -0.3 is 10.2 Å². The van der Waals surface area contributed by atoms with E-state index in [1.807, 2.05) is 66.0 Å². The van der Waals surface area contributed by atoms with Gasteiger partial charge in [-0.2, -0.15) is 0 Å². The molecule has 1 saturated heterocycles. The van der Waals surface area contributed by atoms with Crippen LogP contribution in [0.5, 0.6) is 0 Å². The zero-order valence-corrected chi connectivity index (χ0v) is 21.3. The molecule has 3 aromatic rings. The van der Waals surface area contributed by atoms with Crippen molar-refractivity contribution in [2.45, 2.75) is 52.1 Å². The first kappa shape index (κ1) is 24.7. The van der Waals surface area contributed by atoms with Gasteiger partial charge in [-0.3, -0.25) is 14.5 Å². The van der Waals surface area contributed by atoms with E-state index >= 15 is 0 Å². The minimum Gasteiger partial charge on any atom is -0.324 e. The van der Waals surface area contributed by atoms with Crippen LogP contribution in [0, 0.1) is 0 Å². The first-order chi connectivity index (χ1) is 16.8. The van der Waals surface area contributed by atoms with Crippen LogP contribution in [-0.4, -0.2) is 34.2 Å². The van der Waals surface area contributed by atoms with Crippen LogP contribution in [0.4, 0.5) is 10.5 Å². The molecule has 1 N–H and O–H groups in total. The SMILES string of the molecule is CC(C)c1cccc(C(C)C)c1NC(=O)CN1C(=O)C(c2cccs2)N(Cc2ccccc2)C1=O. The Morgan fingerprint density at radius 3 is 2.14 bits per heavy atom. The maximum absolute atomic E-state index is 13.4. The van der Waals surface area contributed by atoms with Gasteiger partial charge in [0.1, 0.15) is 12.6 Å². The molecule has 0 spiro atoms. The Balaban J connectivity index is 1.59. The van der Waals surface area contributed by atoms with Gasteiger partial charge in [0.25, 0.3) is 5.91 Å². The fourth-order valence-corrected chi connectivity index (χ4v) is 5.29. The lowest BCUT2D eigenvalue weighted by Crippen LogP contribution is -2.39. The Labute approximate surface area is 210 Å². The third-order valence-electron chi connectivity index (χ3n) is 6.24. The van der Waals surface area contributed by atoms with Crippen molar-refractivity contribution in [2.24, 2.45) is 0 Å². The van der Waals surface area contributed by atoms with E-state index < -0.39 is 12.1 Å². The van der Waals surface area contributed by atoms with Crippen LogP contribution in [0.25, 0.3) is 0 Å². The molecule has 1 aromatic heterocycles. The maximum atomic E-state index is 13.4. The number of carbonyl (C=O) groups is 3. The number of nitrogens with one attached hydrogen (secondary N) is 1.